The van der Waals surface area contributed by atoms with Crippen LogP contribution in [0.5, 0.6) is 0 Å². The Labute approximate surface area is 204 Å². The first-order valence-corrected chi connectivity index (χ1v) is 12.6. The number of carboxylic acid groups (broad SMARTS) is 2. The van der Waals surface area contributed by atoms with Crippen LogP contribution in [-0.4, -0.2) is 82.6 Å². The molecule has 0 bridgehead atoms. The number of unbranched alkanes of at least 4 members (excludes halogenated alkanes) is 1. The average molecular weight is 506 g/mol. The number of hydrogen-bond acceptors (Lipinski definition) is 8. The Kier molecular flexibility index (Phi) is 15.9. The largest absolute Gasteiger partial charge is 0.481 e. The molecule has 0 aliphatic heterocycles. The van der Waals surface area contributed by atoms with Gasteiger partial charge in [0.2, 0.25) is 17.7 Å². The van der Waals surface area contributed by atoms with Crippen LogP contribution in [0.3, 0.4) is 0 Å². The molecule has 0 aromatic carbocycles. The summed E-state index contributed by atoms with van der Waals surface area (Å²) in [6.45, 7) is 3.78. The molecular weight excluding hydrogens is 466 g/mol. The molecule has 0 heterocycles. The molecule has 3 amide bonds. The predicted octanol–water partition coefficient (Wildman–Crippen LogP) is -0.744. The molecule has 4 unspecified atom stereocenters. The number of carbonyl (C=O) groups excluding carboxylic acids is 3. The summed E-state index contributed by atoms with van der Waals surface area (Å²) in [6.07, 6.45) is 3.03. The highest BCUT2D eigenvalue weighted by Crippen LogP contribution is 2.08. The quantitative estimate of drug-likeness (QED) is 0.116. The molecule has 0 spiro atoms. The van der Waals surface area contributed by atoms with E-state index in [1.807, 2.05) is 6.26 Å². The summed E-state index contributed by atoms with van der Waals surface area (Å²) < 4.78 is 0. The van der Waals surface area contributed by atoms with E-state index in [1.165, 1.54) is 11.8 Å². The fraction of sp³-hybridized carbons (Fsp3) is 0.762. The molecular formula is C21H39N5O7S. The van der Waals surface area contributed by atoms with Crippen LogP contribution in [-0.2, 0) is 24.0 Å². The summed E-state index contributed by atoms with van der Waals surface area (Å²) in [5, 5.41) is 25.8. The minimum absolute atomic E-state index is 0.0929. The normalized spacial score (nSPS) is 14.5. The summed E-state index contributed by atoms with van der Waals surface area (Å²) in [4.78, 5) is 60.4. The zero-order valence-corrected chi connectivity index (χ0v) is 20.9. The van der Waals surface area contributed by atoms with E-state index in [-0.39, 0.29) is 31.6 Å². The van der Waals surface area contributed by atoms with Gasteiger partial charge in [0.25, 0.3) is 0 Å². The molecule has 34 heavy (non-hydrogen) atoms. The summed E-state index contributed by atoms with van der Waals surface area (Å²) in [7, 11) is 0. The van der Waals surface area contributed by atoms with E-state index >= 15 is 0 Å². The van der Waals surface area contributed by atoms with Crippen LogP contribution < -0.4 is 27.4 Å². The second kappa shape index (κ2) is 17.1. The Balaban J connectivity index is 5.37. The van der Waals surface area contributed by atoms with Gasteiger partial charge in [-0.2, -0.15) is 11.8 Å². The molecule has 9 N–H and O–H groups in total. The minimum atomic E-state index is -1.17. The highest BCUT2D eigenvalue weighted by molar-refractivity contribution is 7.98. The molecule has 196 valence electrons. The van der Waals surface area contributed by atoms with E-state index in [0.717, 1.165) is 0 Å². The van der Waals surface area contributed by atoms with Gasteiger partial charge in [-0.3, -0.25) is 19.2 Å². The Morgan fingerprint density at radius 3 is 1.97 bits per heavy atom. The van der Waals surface area contributed by atoms with Crippen molar-refractivity contribution in [3.8, 4) is 0 Å². The van der Waals surface area contributed by atoms with Gasteiger partial charge in [-0.05, 0) is 56.6 Å². The van der Waals surface area contributed by atoms with E-state index in [2.05, 4.69) is 16.0 Å². The maximum absolute atomic E-state index is 13.0. The third-order valence-corrected chi connectivity index (χ3v) is 5.70. The van der Waals surface area contributed by atoms with Gasteiger partial charge in [0.05, 0.1) is 6.04 Å². The first-order chi connectivity index (χ1) is 15.9. The Morgan fingerprint density at radius 1 is 0.853 bits per heavy atom. The maximum Gasteiger partial charge on any atom is 0.326 e. The molecule has 0 aliphatic carbocycles. The summed E-state index contributed by atoms with van der Waals surface area (Å²) >= 11 is 1.45. The number of nitrogens with two attached hydrogens (primary N) is 2. The highest BCUT2D eigenvalue weighted by Gasteiger charge is 2.31. The maximum atomic E-state index is 13.0. The number of carbonyl (C=O) groups is 5. The van der Waals surface area contributed by atoms with Crippen LogP contribution in [0.1, 0.15) is 52.4 Å². The Hall–Kier alpha value is -2.38. The summed E-state index contributed by atoms with van der Waals surface area (Å²) in [5.41, 5.74) is 11.2. The van der Waals surface area contributed by atoms with E-state index < -0.39 is 53.8 Å². The van der Waals surface area contributed by atoms with Crippen molar-refractivity contribution in [1.82, 2.24) is 16.0 Å². The average Bonchev–Trinajstić information content (AvgIpc) is 2.76. The molecule has 0 aliphatic rings. The minimum Gasteiger partial charge on any atom is -0.481 e. The van der Waals surface area contributed by atoms with Crippen molar-refractivity contribution in [2.24, 2.45) is 17.4 Å². The van der Waals surface area contributed by atoms with Crippen molar-refractivity contribution in [3.63, 3.8) is 0 Å². The standard InChI is InChI=1S/C21H39N5O7S/c1-12(2)17(26-18(29)13(23)7-8-16(27)28)20(31)24-14(6-4-5-10-22)19(30)25-15(21(32)33)9-11-34-3/h12-15,17H,4-11,22-23H2,1-3H3,(H,24,31)(H,25,30)(H,26,29)(H,27,28)(H,32,33). The lowest BCUT2D eigenvalue weighted by Gasteiger charge is -2.27. The number of carboxylic acids is 2. The predicted molar refractivity (Wildman–Crippen MR) is 129 cm³/mol. The molecule has 0 fully saturated rings. The Bertz CT molecular complexity index is 692. The van der Waals surface area contributed by atoms with Crippen LogP contribution in [0.2, 0.25) is 0 Å². The van der Waals surface area contributed by atoms with Crippen molar-refractivity contribution in [1.29, 1.82) is 0 Å². The van der Waals surface area contributed by atoms with Gasteiger partial charge in [0, 0.05) is 6.42 Å². The molecule has 0 saturated heterocycles. The molecule has 0 aromatic heterocycles. The highest BCUT2D eigenvalue weighted by atomic mass is 32.2. The Morgan fingerprint density at radius 2 is 1.47 bits per heavy atom. The van der Waals surface area contributed by atoms with E-state index in [9.17, 15) is 29.1 Å². The summed E-state index contributed by atoms with van der Waals surface area (Å²) in [6, 6.07) is -4.25. The van der Waals surface area contributed by atoms with E-state index in [4.69, 9.17) is 16.6 Å². The number of nitrogens with one attached hydrogen (secondary N) is 3. The zero-order chi connectivity index (χ0) is 26.3. The smallest absolute Gasteiger partial charge is 0.326 e. The number of aliphatic carboxylic acids is 2. The molecule has 0 rings (SSSR count). The molecule has 4 atom stereocenters. The van der Waals surface area contributed by atoms with Gasteiger partial charge < -0.3 is 37.6 Å². The first kappa shape index (κ1) is 31.6. The fourth-order valence-corrected chi connectivity index (χ4v) is 3.47. The van der Waals surface area contributed by atoms with Crippen LogP contribution in [0.4, 0.5) is 0 Å². The SMILES string of the molecule is CSCCC(NC(=O)C(CCCCN)NC(=O)C(NC(=O)C(N)CCC(=O)O)C(C)C)C(=O)O. The summed E-state index contributed by atoms with van der Waals surface area (Å²) in [5.74, 6) is -4.03. The van der Waals surface area contributed by atoms with Crippen LogP contribution in [0.15, 0.2) is 0 Å². The zero-order valence-electron chi connectivity index (χ0n) is 20.0. The number of thioether (sulfide) groups is 1. The van der Waals surface area contributed by atoms with Gasteiger partial charge in [0.1, 0.15) is 18.1 Å². The lowest BCUT2D eigenvalue weighted by atomic mass is 10.0. The van der Waals surface area contributed by atoms with Gasteiger partial charge in [-0.25, -0.2) is 4.79 Å². The van der Waals surface area contributed by atoms with Crippen molar-refractivity contribution in [3.05, 3.63) is 0 Å². The number of amides is 3. The van der Waals surface area contributed by atoms with Gasteiger partial charge in [-0.1, -0.05) is 13.8 Å². The van der Waals surface area contributed by atoms with Crippen LogP contribution in [0, 0.1) is 5.92 Å². The lowest BCUT2D eigenvalue weighted by molar-refractivity contribution is -0.142. The van der Waals surface area contributed by atoms with Crippen molar-refractivity contribution >= 4 is 41.4 Å². The number of hydrogen-bond donors (Lipinski definition) is 7. The molecule has 13 heteroatoms. The van der Waals surface area contributed by atoms with E-state index in [0.29, 0.717) is 25.1 Å². The third-order valence-electron chi connectivity index (χ3n) is 5.06. The molecule has 0 radical (unpaired) electrons. The second-order valence-corrected chi connectivity index (χ2v) is 9.28. The van der Waals surface area contributed by atoms with Crippen LogP contribution >= 0.6 is 11.8 Å². The topological polar surface area (TPSA) is 214 Å². The first-order valence-electron chi connectivity index (χ1n) is 11.2. The number of rotatable bonds is 18. The van der Waals surface area contributed by atoms with E-state index in [1.54, 1.807) is 13.8 Å². The molecule has 0 saturated carbocycles. The van der Waals surface area contributed by atoms with Crippen molar-refractivity contribution < 1.29 is 34.2 Å². The lowest BCUT2D eigenvalue weighted by Crippen LogP contribution is -2.58. The van der Waals surface area contributed by atoms with Gasteiger partial charge >= 0.3 is 11.9 Å². The van der Waals surface area contributed by atoms with Gasteiger partial charge in [0.15, 0.2) is 0 Å². The van der Waals surface area contributed by atoms with Crippen molar-refractivity contribution in [2.45, 2.75) is 76.5 Å². The second-order valence-electron chi connectivity index (χ2n) is 8.30. The molecule has 0 aromatic rings. The monoisotopic (exact) mass is 505 g/mol. The van der Waals surface area contributed by atoms with Gasteiger partial charge in [-0.15, -0.1) is 0 Å². The molecule has 12 nitrogen and oxygen atoms in total. The fourth-order valence-electron chi connectivity index (χ4n) is 2.99. The van der Waals surface area contributed by atoms with Crippen molar-refractivity contribution in [2.75, 3.05) is 18.6 Å². The third kappa shape index (κ3) is 12.8. The van der Waals surface area contributed by atoms with Crippen LogP contribution in [0.25, 0.3) is 0 Å².